The second-order valence-electron chi connectivity index (χ2n) is 3.79. The molecule has 1 aliphatic rings. The molecular weight excluding hydrogens is 227 g/mol. The fourth-order valence-electron chi connectivity index (χ4n) is 1.75. The van der Waals surface area contributed by atoms with E-state index in [1.54, 1.807) is 6.07 Å². The third kappa shape index (κ3) is 1.84. The number of anilines is 1. The molecule has 0 radical (unpaired) electrons. The highest BCUT2D eigenvalue weighted by atomic mass is 32.2. The maximum Gasteiger partial charge on any atom is 0.243 e. The van der Waals surface area contributed by atoms with Gasteiger partial charge < -0.3 is 5.32 Å². The zero-order chi connectivity index (χ0) is 11.0. The highest BCUT2D eigenvalue weighted by molar-refractivity contribution is 7.99. The van der Waals surface area contributed by atoms with Crippen LogP contribution in [0.4, 0.5) is 10.3 Å². The van der Waals surface area contributed by atoms with E-state index in [-0.39, 0.29) is 5.82 Å². The Kier molecular flexibility index (Phi) is 2.43. The summed E-state index contributed by atoms with van der Waals surface area (Å²) < 4.78 is 14.4. The number of hydrogen-bond donors (Lipinski definition) is 1. The summed E-state index contributed by atoms with van der Waals surface area (Å²) in [6.07, 6.45) is 2.46. The van der Waals surface area contributed by atoms with Crippen LogP contribution >= 0.6 is 11.8 Å². The van der Waals surface area contributed by atoms with Gasteiger partial charge in [-0.1, -0.05) is 0 Å². The number of nitrogens with zero attached hydrogens (tertiary/aromatic N) is 3. The number of halogens is 1. The normalized spacial score (nSPS) is 20.4. The Morgan fingerprint density at radius 3 is 3.25 bits per heavy atom. The number of hydrogen-bond acceptors (Lipinski definition) is 4. The lowest BCUT2D eigenvalue weighted by atomic mass is 10.3. The van der Waals surface area contributed by atoms with Gasteiger partial charge in [-0.3, -0.25) is 0 Å². The molecule has 0 amide bonds. The van der Waals surface area contributed by atoms with Crippen LogP contribution in [0.1, 0.15) is 6.42 Å². The first-order valence-electron chi connectivity index (χ1n) is 5.17. The van der Waals surface area contributed by atoms with Gasteiger partial charge in [-0.05, 0) is 24.3 Å². The number of pyridine rings is 1. The van der Waals surface area contributed by atoms with E-state index in [2.05, 4.69) is 15.4 Å². The van der Waals surface area contributed by atoms with Crippen molar-refractivity contribution < 1.29 is 4.39 Å². The van der Waals surface area contributed by atoms with E-state index >= 15 is 0 Å². The molecule has 1 atom stereocenters. The Morgan fingerprint density at radius 1 is 1.50 bits per heavy atom. The highest BCUT2D eigenvalue weighted by Gasteiger charge is 2.16. The number of nitrogens with one attached hydrogen (secondary N) is 1. The van der Waals surface area contributed by atoms with Crippen LogP contribution in [0.2, 0.25) is 0 Å². The van der Waals surface area contributed by atoms with E-state index in [1.165, 1.54) is 22.5 Å². The van der Waals surface area contributed by atoms with Gasteiger partial charge in [-0.15, -0.1) is 5.10 Å². The van der Waals surface area contributed by atoms with Gasteiger partial charge in [0.2, 0.25) is 5.95 Å². The predicted octanol–water partition coefficient (Wildman–Crippen LogP) is 1.79. The van der Waals surface area contributed by atoms with Gasteiger partial charge >= 0.3 is 0 Å². The van der Waals surface area contributed by atoms with Gasteiger partial charge in [-0.2, -0.15) is 16.7 Å². The smallest absolute Gasteiger partial charge is 0.243 e. The van der Waals surface area contributed by atoms with Crippen molar-refractivity contribution in [3.8, 4) is 0 Å². The van der Waals surface area contributed by atoms with Crippen molar-refractivity contribution in [3.63, 3.8) is 0 Å². The molecular formula is C10H11FN4S. The molecule has 1 unspecified atom stereocenters. The van der Waals surface area contributed by atoms with Gasteiger partial charge in [0, 0.05) is 11.8 Å². The molecule has 1 aliphatic heterocycles. The molecule has 1 N–H and O–H groups in total. The standard InChI is InChI=1S/C10H11FN4S/c11-7-1-2-9-13-10(14-15(9)5-7)12-8-3-4-16-6-8/h1-2,5,8H,3-4,6H2,(H,12,14). The number of aromatic nitrogens is 3. The topological polar surface area (TPSA) is 42.2 Å². The Hall–Kier alpha value is -1.30. The third-order valence-electron chi connectivity index (χ3n) is 2.56. The van der Waals surface area contributed by atoms with E-state index in [9.17, 15) is 4.39 Å². The average Bonchev–Trinajstić information content (AvgIpc) is 2.86. The van der Waals surface area contributed by atoms with Crippen LogP contribution in [0.15, 0.2) is 18.3 Å². The molecule has 0 aromatic carbocycles. The van der Waals surface area contributed by atoms with Gasteiger partial charge in [-0.25, -0.2) is 8.91 Å². The molecule has 84 valence electrons. The van der Waals surface area contributed by atoms with Gasteiger partial charge in [0.05, 0.1) is 6.20 Å². The monoisotopic (exact) mass is 238 g/mol. The maximum absolute atomic E-state index is 12.9. The summed E-state index contributed by atoms with van der Waals surface area (Å²) in [5, 5.41) is 7.45. The van der Waals surface area contributed by atoms with Gasteiger partial charge in [0.1, 0.15) is 5.82 Å². The van der Waals surface area contributed by atoms with E-state index in [4.69, 9.17) is 0 Å². The Bertz CT molecular complexity index is 506. The first-order chi connectivity index (χ1) is 7.81. The summed E-state index contributed by atoms with van der Waals surface area (Å²) in [6.45, 7) is 0. The summed E-state index contributed by atoms with van der Waals surface area (Å²) in [7, 11) is 0. The van der Waals surface area contributed by atoms with Crippen molar-refractivity contribution in [1.29, 1.82) is 0 Å². The van der Waals surface area contributed by atoms with E-state index in [0.717, 1.165) is 12.2 Å². The molecule has 0 spiro atoms. The number of fused-ring (bicyclic) bond motifs is 1. The molecule has 16 heavy (non-hydrogen) atoms. The molecule has 2 aromatic heterocycles. The average molecular weight is 238 g/mol. The second kappa shape index (κ2) is 3.93. The first kappa shape index (κ1) is 9.89. The first-order valence-corrected chi connectivity index (χ1v) is 6.33. The van der Waals surface area contributed by atoms with Crippen molar-refractivity contribution in [2.75, 3.05) is 16.8 Å². The Balaban J connectivity index is 1.86. The number of thioether (sulfide) groups is 1. The lowest BCUT2D eigenvalue weighted by molar-refractivity contribution is 0.614. The van der Waals surface area contributed by atoms with Crippen molar-refractivity contribution in [1.82, 2.24) is 14.6 Å². The molecule has 2 aromatic rings. The second-order valence-corrected chi connectivity index (χ2v) is 4.94. The maximum atomic E-state index is 12.9. The van der Waals surface area contributed by atoms with Crippen LogP contribution in [-0.2, 0) is 0 Å². The van der Waals surface area contributed by atoms with Gasteiger partial charge in [0.15, 0.2) is 5.65 Å². The summed E-state index contributed by atoms with van der Waals surface area (Å²) in [5.74, 6) is 2.54. The predicted molar refractivity (Wildman–Crippen MR) is 62.3 cm³/mol. The highest BCUT2D eigenvalue weighted by Crippen LogP contribution is 2.20. The minimum absolute atomic E-state index is 0.305. The van der Waals surface area contributed by atoms with Crippen LogP contribution in [0, 0.1) is 5.82 Å². The molecule has 1 saturated heterocycles. The molecule has 3 rings (SSSR count). The van der Waals surface area contributed by atoms with Gasteiger partial charge in [0.25, 0.3) is 0 Å². The fourth-order valence-corrected chi connectivity index (χ4v) is 2.90. The summed E-state index contributed by atoms with van der Waals surface area (Å²) >= 11 is 1.93. The zero-order valence-corrected chi connectivity index (χ0v) is 9.38. The SMILES string of the molecule is Fc1ccc2nc(NC3CCSC3)nn2c1. The molecule has 0 aliphatic carbocycles. The largest absolute Gasteiger partial charge is 0.349 e. The van der Waals surface area contributed by atoms with E-state index in [1.807, 2.05) is 11.8 Å². The van der Waals surface area contributed by atoms with Crippen LogP contribution in [0.25, 0.3) is 5.65 Å². The fraction of sp³-hybridized carbons (Fsp3) is 0.400. The minimum atomic E-state index is -0.305. The van der Waals surface area contributed by atoms with Crippen molar-refractivity contribution in [2.24, 2.45) is 0 Å². The molecule has 4 nitrogen and oxygen atoms in total. The summed E-state index contributed by atoms with van der Waals surface area (Å²) in [4.78, 5) is 4.28. The van der Waals surface area contributed by atoms with E-state index < -0.39 is 0 Å². The molecule has 3 heterocycles. The summed E-state index contributed by atoms with van der Waals surface area (Å²) in [6, 6.07) is 3.45. The van der Waals surface area contributed by atoms with Crippen LogP contribution < -0.4 is 5.32 Å². The third-order valence-corrected chi connectivity index (χ3v) is 3.72. The zero-order valence-electron chi connectivity index (χ0n) is 8.56. The van der Waals surface area contributed by atoms with E-state index in [0.29, 0.717) is 17.6 Å². The van der Waals surface area contributed by atoms with Crippen LogP contribution in [0.5, 0.6) is 0 Å². The summed E-state index contributed by atoms with van der Waals surface area (Å²) in [5.41, 5.74) is 0.662. The van der Waals surface area contributed by atoms with Crippen molar-refractivity contribution in [3.05, 3.63) is 24.1 Å². The molecule has 1 fully saturated rings. The molecule has 6 heteroatoms. The quantitative estimate of drug-likeness (QED) is 0.866. The van der Waals surface area contributed by atoms with Crippen LogP contribution in [-0.4, -0.2) is 32.1 Å². The Morgan fingerprint density at radius 2 is 2.44 bits per heavy atom. The molecule has 0 saturated carbocycles. The molecule has 0 bridgehead atoms. The van der Waals surface area contributed by atoms with Crippen LogP contribution in [0.3, 0.4) is 0 Å². The Labute approximate surface area is 96.2 Å². The lowest BCUT2D eigenvalue weighted by Crippen LogP contribution is -2.18. The minimum Gasteiger partial charge on any atom is -0.349 e. The lowest BCUT2D eigenvalue weighted by Gasteiger charge is -2.07. The van der Waals surface area contributed by atoms with Crippen molar-refractivity contribution in [2.45, 2.75) is 12.5 Å². The number of rotatable bonds is 2. The van der Waals surface area contributed by atoms with Crippen molar-refractivity contribution >= 4 is 23.4 Å².